The second kappa shape index (κ2) is 9.25. The van der Waals surface area contributed by atoms with Crippen LogP contribution in [0.5, 0.6) is 0 Å². The Balaban J connectivity index is 2.82. The van der Waals surface area contributed by atoms with E-state index in [2.05, 4.69) is 19.0 Å². The average molecular weight is 378 g/mol. The third kappa shape index (κ3) is 6.05. The molecule has 0 aromatic carbocycles. The fraction of sp³-hybridized carbons (Fsp3) is 0.800. The first-order chi connectivity index (χ1) is 11.6. The zero-order valence-corrected chi connectivity index (χ0v) is 15.7. The van der Waals surface area contributed by atoms with Crippen molar-refractivity contribution in [2.24, 2.45) is 11.8 Å². The van der Waals surface area contributed by atoms with Gasteiger partial charge in [0.05, 0.1) is 0 Å². The van der Waals surface area contributed by atoms with Crippen LogP contribution in [0.1, 0.15) is 40.5 Å². The number of amides is 2. The van der Waals surface area contributed by atoms with Crippen LogP contribution in [0.4, 0.5) is 0 Å². The second-order valence-electron chi connectivity index (χ2n) is 6.81. The van der Waals surface area contributed by atoms with Crippen molar-refractivity contribution >= 4 is 29.1 Å². The maximum absolute atomic E-state index is 12.4. The van der Waals surface area contributed by atoms with E-state index in [-0.39, 0.29) is 5.92 Å². The molecule has 0 aliphatic carbocycles. The molecule has 1 saturated heterocycles. The highest BCUT2D eigenvalue weighted by molar-refractivity contribution is 7.75. The number of aliphatic carboxylic acids is 1. The molecule has 0 saturated carbocycles. The Kier molecular flexibility index (Phi) is 7.97. The van der Waals surface area contributed by atoms with Gasteiger partial charge in [0.2, 0.25) is 5.91 Å². The molecule has 3 atom stereocenters. The number of rotatable bonds is 9. The molecule has 0 spiro atoms. The van der Waals surface area contributed by atoms with Crippen LogP contribution < -0.4 is 10.6 Å². The van der Waals surface area contributed by atoms with Gasteiger partial charge < -0.3 is 15.7 Å². The summed E-state index contributed by atoms with van der Waals surface area (Å²) < 4.78 is 20.5. The molecule has 25 heavy (non-hydrogen) atoms. The predicted octanol–water partition coefficient (Wildman–Crippen LogP) is 0.129. The predicted molar refractivity (Wildman–Crippen MR) is 89.4 cm³/mol. The van der Waals surface area contributed by atoms with Crippen LogP contribution in [0.15, 0.2) is 0 Å². The Bertz CT molecular complexity index is 538. The molecular weight excluding hydrogens is 352 g/mol. The topological polar surface area (TPSA) is 131 Å². The maximum Gasteiger partial charge on any atom is 0.350 e. The van der Waals surface area contributed by atoms with E-state index in [0.717, 1.165) is 6.42 Å². The molecule has 144 valence electrons. The SMILES string of the molecule is CC(C)CCNC(=O)[C@H](CC(C)C)NC(=O)C1(C(=O)O)COS(=O)O1. The van der Waals surface area contributed by atoms with Crippen molar-refractivity contribution in [1.29, 1.82) is 0 Å². The van der Waals surface area contributed by atoms with Gasteiger partial charge in [-0.05, 0) is 24.7 Å². The lowest BCUT2D eigenvalue weighted by atomic mass is 10.00. The Labute approximate surface area is 149 Å². The lowest BCUT2D eigenvalue weighted by Gasteiger charge is -2.25. The first-order valence-corrected chi connectivity index (χ1v) is 9.15. The fourth-order valence-corrected chi connectivity index (χ4v) is 2.92. The number of hydrogen-bond acceptors (Lipinski definition) is 6. The summed E-state index contributed by atoms with van der Waals surface area (Å²) in [4.78, 5) is 36.2. The van der Waals surface area contributed by atoms with Gasteiger partial charge in [0.25, 0.3) is 11.5 Å². The summed E-state index contributed by atoms with van der Waals surface area (Å²) in [5.74, 6) is -2.59. The van der Waals surface area contributed by atoms with Gasteiger partial charge in [-0.15, -0.1) is 0 Å². The number of nitrogens with one attached hydrogen (secondary N) is 2. The summed E-state index contributed by atoms with van der Waals surface area (Å²) in [6.07, 6.45) is 1.10. The lowest BCUT2D eigenvalue weighted by Crippen LogP contribution is -2.59. The van der Waals surface area contributed by atoms with Crippen LogP contribution >= 0.6 is 0 Å². The minimum atomic E-state index is -2.42. The van der Waals surface area contributed by atoms with Gasteiger partial charge in [0, 0.05) is 6.54 Å². The summed E-state index contributed by atoms with van der Waals surface area (Å²) in [5.41, 5.74) is -2.42. The minimum Gasteiger partial charge on any atom is -0.479 e. The number of carboxylic acids is 1. The van der Waals surface area contributed by atoms with Crippen LogP contribution in [0.2, 0.25) is 0 Å². The van der Waals surface area contributed by atoms with E-state index in [9.17, 15) is 23.7 Å². The van der Waals surface area contributed by atoms with E-state index in [1.807, 2.05) is 27.7 Å². The molecule has 3 N–H and O–H groups in total. The Morgan fingerprint density at radius 1 is 1.20 bits per heavy atom. The highest BCUT2D eigenvalue weighted by atomic mass is 32.2. The van der Waals surface area contributed by atoms with E-state index >= 15 is 0 Å². The number of carbonyl (C=O) groups is 3. The van der Waals surface area contributed by atoms with Crippen molar-refractivity contribution in [2.45, 2.75) is 52.2 Å². The molecule has 1 aliphatic heterocycles. The summed E-state index contributed by atoms with van der Waals surface area (Å²) >= 11 is -2.32. The Morgan fingerprint density at radius 3 is 2.28 bits per heavy atom. The lowest BCUT2D eigenvalue weighted by molar-refractivity contribution is -0.162. The molecule has 1 fully saturated rings. The molecule has 0 radical (unpaired) electrons. The minimum absolute atomic E-state index is 0.0804. The van der Waals surface area contributed by atoms with E-state index in [1.54, 1.807) is 0 Å². The number of hydrogen-bond donors (Lipinski definition) is 3. The quantitative estimate of drug-likeness (QED) is 0.486. The first-order valence-electron chi connectivity index (χ1n) is 8.15. The normalized spacial score (nSPS) is 24.3. The average Bonchev–Trinajstić information content (AvgIpc) is 2.89. The van der Waals surface area contributed by atoms with Crippen LogP contribution in [0.25, 0.3) is 0 Å². The molecule has 1 rings (SSSR count). The van der Waals surface area contributed by atoms with E-state index < -0.39 is 47.4 Å². The number of carboxylic acid groups (broad SMARTS) is 1. The number of carbonyl (C=O) groups excluding carboxylic acids is 2. The second-order valence-corrected chi connectivity index (χ2v) is 7.62. The zero-order chi connectivity index (χ0) is 19.2. The van der Waals surface area contributed by atoms with E-state index in [1.165, 1.54) is 0 Å². The third-order valence-electron chi connectivity index (χ3n) is 3.63. The van der Waals surface area contributed by atoms with Gasteiger partial charge >= 0.3 is 17.3 Å². The van der Waals surface area contributed by atoms with Crippen LogP contribution in [0.3, 0.4) is 0 Å². The summed E-state index contributed by atoms with van der Waals surface area (Å²) in [6, 6.07) is -0.923. The van der Waals surface area contributed by atoms with Crippen LogP contribution in [-0.2, 0) is 34.1 Å². The van der Waals surface area contributed by atoms with Gasteiger partial charge in [0.1, 0.15) is 12.6 Å². The molecule has 10 heteroatoms. The Hall–Kier alpha value is -1.52. The van der Waals surface area contributed by atoms with Gasteiger partial charge in [-0.25, -0.2) is 8.98 Å². The van der Waals surface area contributed by atoms with Gasteiger partial charge in [-0.3, -0.25) is 13.8 Å². The van der Waals surface area contributed by atoms with E-state index in [4.69, 9.17) is 0 Å². The summed E-state index contributed by atoms with van der Waals surface area (Å²) in [6.45, 7) is 7.55. The smallest absolute Gasteiger partial charge is 0.350 e. The molecule has 0 aromatic rings. The standard InChI is InChI=1S/C15H26N2O7S/c1-9(2)5-6-16-12(18)11(7-10(3)4)17-13(19)15(14(20)21)8-23-25(22)24-15/h9-11H,5-8H2,1-4H3,(H,16,18)(H,17,19)(H,20,21)/t11-,15?,25?/m0/s1. The van der Waals surface area contributed by atoms with Crippen LogP contribution in [-0.4, -0.2) is 51.9 Å². The molecule has 0 bridgehead atoms. The molecule has 9 nitrogen and oxygen atoms in total. The maximum atomic E-state index is 12.4. The highest BCUT2D eigenvalue weighted by Crippen LogP contribution is 2.23. The zero-order valence-electron chi connectivity index (χ0n) is 14.9. The summed E-state index contributed by atoms with van der Waals surface area (Å²) in [7, 11) is 0. The first kappa shape index (κ1) is 21.5. The van der Waals surface area contributed by atoms with Crippen LogP contribution in [0, 0.1) is 11.8 Å². The van der Waals surface area contributed by atoms with Crippen molar-refractivity contribution in [3.05, 3.63) is 0 Å². The molecule has 1 heterocycles. The van der Waals surface area contributed by atoms with E-state index in [0.29, 0.717) is 18.9 Å². The third-order valence-corrected chi connectivity index (χ3v) is 4.36. The highest BCUT2D eigenvalue weighted by Gasteiger charge is 2.56. The largest absolute Gasteiger partial charge is 0.479 e. The molecule has 1 aliphatic rings. The van der Waals surface area contributed by atoms with Crippen molar-refractivity contribution in [3.8, 4) is 0 Å². The fourth-order valence-electron chi connectivity index (χ4n) is 2.18. The molecular formula is C15H26N2O7S. The molecule has 2 amide bonds. The molecule has 0 aromatic heterocycles. The van der Waals surface area contributed by atoms with Gasteiger partial charge in [0.15, 0.2) is 0 Å². The van der Waals surface area contributed by atoms with Crippen molar-refractivity contribution in [2.75, 3.05) is 13.2 Å². The van der Waals surface area contributed by atoms with Crippen molar-refractivity contribution in [1.82, 2.24) is 10.6 Å². The monoisotopic (exact) mass is 378 g/mol. The Morgan fingerprint density at radius 2 is 1.84 bits per heavy atom. The van der Waals surface area contributed by atoms with Crippen molar-refractivity contribution < 1.29 is 32.1 Å². The molecule has 2 unspecified atom stereocenters. The van der Waals surface area contributed by atoms with Gasteiger partial charge in [-0.2, -0.15) is 4.21 Å². The van der Waals surface area contributed by atoms with Crippen molar-refractivity contribution in [3.63, 3.8) is 0 Å². The summed E-state index contributed by atoms with van der Waals surface area (Å²) in [5, 5.41) is 14.4. The van der Waals surface area contributed by atoms with Gasteiger partial charge in [-0.1, -0.05) is 27.7 Å².